The first-order valence-corrected chi connectivity index (χ1v) is 13.5. The van der Waals surface area contributed by atoms with Crippen LogP contribution in [0.15, 0.2) is 65.3 Å². The second kappa shape index (κ2) is 11.8. The normalized spacial score (nSPS) is 21.3. The summed E-state index contributed by atoms with van der Waals surface area (Å²) in [5.41, 5.74) is 2.50. The molecule has 0 spiro atoms. The summed E-state index contributed by atoms with van der Waals surface area (Å²) in [5.74, 6) is 0.283. The molecule has 9 nitrogen and oxygen atoms in total. The summed E-state index contributed by atoms with van der Waals surface area (Å²) in [7, 11) is 1.49. The zero-order chi connectivity index (χ0) is 29.1. The third kappa shape index (κ3) is 5.66. The van der Waals surface area contributed by atoms with E-state index < -0.39 is 17.0 Å². The minimum absolute atomic E-state index is 0.0203. The van der Waals surface area contributed by atoms with E-state index in [-0.39, 0.29) is 29.2 Å². The SMILES string of the molecule is COc1cccc2c1cc([N+](=O)[O-])c1c(C(=O)O[C@H]3/C=C(/C=O)CC/C=C(/C)CC/C=C(\C)C3)cc3c(c12)OCO3. The molecule has 0 N–H and O–H groups in total. The number of ether oxygens (including phenoxy) is 4. The fourth-order valence-corrected chi connectivity index (χ4v) is 5.46. The van der Waals surface area contributed by atoms with Crippen LogP contribution in [-0.4, -0.2) is 37.2 Å². The zero-order valence-electron chi connectivity index (χ0n) is 23.2. The van der Waals surface area contributed by atoms with Crippen molar-refractivity contribution in [3.8, 4) is 17.2 Å². The summed E-state index contributed by atoms with van der Waals surface area (Å²) in [6.07, 6.45) is 9.32. The van der Waals surface area contributed by atoms with Gasteiger partial charge in [-0.1, -0.05) is 35.4 Å². The van der Waals surface area contributed by atoms with Crippen molar-refractivity contribution in [3.63, 3.8) is 0 Å². The second-order valence-electron chi connectivity index (χ2n) is 10.3. The van der Waals surface area contributed by atoms with E-state index in [4.69, 9.17) is 18.9 Å². The highest BCUT2D eigenvalue weighted by Crippen LogP contribution is 2.49. The molecule has 3 aromatic rings. The van der Waals surface area contributed by atoms with Crippen molar-refractivity contribution in [3.05, 3.63) is 81.0 Å². The molecule has 3 aromatic carbocycles. The van der Waals surface area contributed by atoms with Crippen molar-refractivity contribution < 1.29 is 33.5 Å². The Hall–Kier alpha value is -4.66. The minimum atomic E-state index is -0.763. The highest BCUT2D eigenvalue weighted by atomic mass is 16.7. The van der Waals surface area contributed by atoms with Crippen molar-refractivity contribution in [2.24, 2.45) is 0 Å². The van der Waals surface area contributed by atoms with Crippen molar-refractivity contribution in [2.45, 2.75) is 52.1 Å². The van der Waals surface area contributed by atoms with Gasteiger partial charge in [0, 0.05) is 23.3 Å². The lowest BCUT2D eigenvalue weighted by Crippen LogP contribution is -2.18. The maximum atomic E-state index is 13.9. The molecule has 0 bridgehead atoms. The Balaban J connectivity index is 1.66. The van der Waals surface area contributed by atoms with Crippen LogP contribution in [0.25, 0.3) is 21.5 Å². The average Bonchev–Trinajstić information content (AvgIpc) is 3.43. The number of hydrogen-bond acceptors (Lipinski definition) is 8. The molecule has 41 heavy (non-hydrogen) atoms. The van der Waals surface area contributed by atoms with Crippen LogP contribution >= 0.6 is 0 Å². The third-order valence-electron chi connectivity index (χ3n) is 7.46. The molecular formula is C32H31NO8. The summed E-state index contributed by atoms with van der Waals surface area (Å²) in [4.78, 5) is 37.6. The maximum absolute atomic E-state index is 13.9. The maximum Gasteiger partial charge on any atom is 0.339 e. The topological polar surface area (TPSA) is 114 Å². The summed E-state index contributed by atoms with van der Waals surface area (Å²) in [6, 6.07) is 8.10. The number of esters is 1. The first-order chi connectivity index (χ1) is 19.8. The van der Waals surface area contributed by atoms with Gasteiger partial charge in [-0.05, 0) is 68.7 Å². The van der Waals surface area contributed by atoms with Crippen LogP contribution in [-0.2, 0) is 9.53 Å². The zero-order valence-corrected chi connectivity index (χ0v) is 23.2. The number of fused-ring (bicyclic) bond motifs is 5. The summed E-state index contributed by atoms with van der Waals surface area (Å²) >= 11 is 0. The Morgan fingerprint density at radius 3 is 2.59 bits per heavy atom. The van der Waals surface area contributed by atoms with Gasteiger partial charge in [0.2, 0.25) is 6.79 Å². The number of allylic oxidation sites excluding steroid dienone is 4. The molecule has 1 aliphatic heterocycles. The van der Waals surface area contributed by atoms with E-state index in [9.17, 15) is 19.7 Å². The average molecular weight is 558 g/mol. The fraction of sp³-hybridized carbons (Fsp3) is 0.312. The van der Waals surface area contributed by atoms with Crippen LogP contribution in [0.2, 0.25) is 0 Å². The van der Waals surface area contributed by atoms with E-state index >= 15 is 0 Å². The highest BCUT2D eigenvalue weighted by Gasteiger charge is 2.31. The number of rotatable bonds is 5. The summed E-state index contributed by atoms with van der Waals surface area (Å²) < 4.78 is 22.8. The number of non-ortho nitro benzene ring substituents is 1. The number of carbonyl (C=O) groups excluding carboxylic acids is 2. The van der Waals surface area contributed by atoms with Crippen molar-refractivity contribution in [2.75, 3.05) is 13.9 Å². The standard InChI is InChI=1S/C32H31NO8/c1-19-7-4-9-20(2)13-22(14-21(17-34)10-5-8-19)41-32(35)25-16-28-31(40-18-39-28)30-23-11-6-12-27(38-3)24(23)15-26(29(25)30)33(36)37/h6,8-9,11-12,14-17,22H,4-5,7,10,13,18H2,1-3H3/b19-8-,20-9+,21-14+/t22-/m1/s1. The molecule has 0 saturated heterocycles. The van der Waals surface area contributed by atoms with E-state index in [1.165, 1.54) is 24.8 Å². The van der Waals surface area contributed by atoms with Gasteiger partial charge in [0.15, 0.2) is 11.5 Å². The Kier molecular flexibility index (Phi) is 8.05. The molecule has 2 aliphatic rings. The van der Waals surface area contributed by atoms with E-state index in [2.05, 4.69) is 19.1 Å². The first-order valence-electron chi connectivity index (χ1n) is 13.5. The van der Waals surface area contributed by atoms with Gasteiger partial charge in [0.25, 0.3) is 5.69 Å². The van der Waals surface area contributed by atoms with Crippen molar-refractivity contribution >= 4 is 39.5 Å². The quantitative estimate of drug-likeness (QED) is 0.0812. The predicted octanol–water partition coefficient (Wildman–Crippen LogP) is 7.15. The molecule has 0 saturated carbocycles. The van der Waals surface area contributed by atoms with E-state index in [1.807, 2.05) is 6.92 Å². The Labute approximate surface area is 237 Å². The van der Waals surface area contributed by atoms with Gasteiger partial charge < -0.3 is 18.9 Å². The number of nitro groups is 1. The molecule has 0 radical (unpaired) electrons. The van der Waals surface area contributed by atoms with Crippen molar-refractivity contribution in [1.82, 2.24) is 0 Å². The smallest absolute Gasteiger partial charge is 0.339 e. The predicted molar refractivity (Wildman–Crippen MR) is 155 cm³/mol. The minimum Gasteiger partial charge on any atom is -0.496 e. The molecule has 0 aromatic heterocycles. The van der Waals surface area contributed by atoms with E-state index in [1.54, 1.807) is 24.3 Å². The van der Waals surface area contributed by atoms with Crippen LogP contribution in [0.5, 0.6) is 17.2 Å². The molecule has 1 aliphatic carbocycles. The number of nitrogens with zero attached hydrogens (tertiary/aromatic N) is 1. The van der Waals surface area contributed by atoms with Crippen molar-refractivity contribution in [1.29, 1.82) is 0 Å². The van der Waals surface area contributed by atoms with Crippen LogP contribution in [0, 0.1) is 10.1 Å². The van der Waals surface area contributed by atoms with Gasteiger partial charge in [-0.3, -0.25) is 14.9 Å². The summed E-state index contributed by atoms with van der Waals surface area (Å²) in [6.45, 7) is 3.95. The van der Waals surface area contributed by atoms with Gasteiger partial charge in [0.05, 0.1) is 23.0 Å². The summed E-state index contributed by atoms with van der Waals surface area (Å²) in [5, 5.41) is 13.9. The number of hydrogen-bond donors (Lipinski definition) is 0. The van der Waals surface area contributed by atoms with E-state index in [0.717, 1.165) is 24.7 Å². The van der Waals surface area contributed by atoms with Crippen LogP contribution in [0.3, 0.4) is 0 Å². The Morgan fingerprint density at radius 1 is 1.05 bits per heavy atom. The highest BCUT2D eigenvalue weighted by molar-refractivity contribution is 6.22. The van der Waals surface area contributed by atoms with Crippen LogP contribution in [0.4, 0.5) is 5.69 Å². The lowest BCUT2D eigenvalue weighted by atomic mass is 9.94. The number of carbonyl (C=O) groups is 2. The lowest BCUT2D eigenvalue weighted by molar-refractivity contribution is -0.383. The van der Waals surface area contributed by atoms with Crippen LogP contribution < -0.4 is 14.2 Å². The van der Waals surface area contributed by atoms with Gasteiger partial charge >= 0.3 is 5.97 Å². The third-order valence-corrected chi connectivity index (χ3v) is 7.46. The van der Waals surface area contributed by atoms with Gasteiger partial charge in [-0.2, -0.15) is 0 Å². The number of aldehydes is 1. The number of nitro benzene ring substituents is 1. The molecule has 5 rings (SSSR count). The Bertz CT molecular complexity index is 1650. The molecule has 212 valence electrons. The van der Waals surface area contributed by atoms with Crippen LogP contribution in [0.1, 0.15) is 56.3 Å². The number of methoxy groups -OCH3 is 1. The first kappa shape index (κ1) is 27.9. The molecule has 0 fully saturated rings. The Morgan fingerprint density at radius 2 is 1.83 bits per heavy atom. The number of benzene rings is 3. The lowest BCUT2D eigenvalue weighted by Gasteiger charge is -2.18. The molecular weight excluding hydrogens is 526 g/mol. The monoisotopic (exact) mass is 557 g/mol. The molecule has 0 amide bonds. The molecule has 1 atom stereocenters. The van der Waals surface area contributed by atoms with E-state index in [0.29, 0.717) is 52.5 Å². The van der Waals surface area contributed by atoms with Gasteiger partial charge in [0.1, 0.15) is 18.1 Å². The molecule has 1 heterocycles. The fourth-order valence-electron chi connectivity index (χ4n) is 5.46. The molecule has 9 heteroatoms. The van der Waals surface area contributed by atoms with Gasteiger partial charge in [-0.25, -0.2) is 4.79 Å². The molecule has 0 unspecified atom stereocenters. The van der Waals surface area contributed by atoms with Gasteiger partial charge in [-0.15, -0.1) is 0 Å². The largest absolute Gasteiger partial charge is 0.496 e. The second-order valence-corrected chi connectivity index (χ2v) is 10.3.